The monoisotopic (exact) mass is 666 g/mol. The standard InChI is InChI=1S/C46H50O4/c1-7-27-48-42-25-17-35-29-38(47-9-3)21-23-40(35)44(42)46(6,37-19-15-34(16-20-37)33-13-11-10-12-14-33)45-41-24-22-39(50-31-32(4)5)30-36(41)18-26-43(45)49-28-8-2/h7-8,15-26,29-30,33H,1-2,4,9-14,27-28,31H2,3,5-6H3. The highest BCUT2D eigenvalue weighted by Gasteiger charge is 2.40. The number of hydrogen-bond donors (Lipinski definition) is 0. The average molecular weight is 667 g/mol. The van der Waals surface area contributed by atoms with Crippen molar-refractivity contribution in [2.75, 3.05) is 26.4 Å². The van der Waals surface area contributed by atoms with Crippen LogP contribution in [-0.4, -0.2) is 26.4 Å². The number of fused-ring (bicyclic) bond motifs is 2. The largest absolute Gasteiger partial charge is 0.494 e. The van der Waals surface area contributed by atoms with Crippen molar-refractivity contribution in [3.8, 4) is 23.0 Å². The molecule has 1 fully saturated rings. The summed E-state index contributed by atoms with van der Waals surface area (Å²) < 4.78 is 25.2. The fraction of sp³-hybridized carbons (Fsp3) is 0.304. The molecule has 5 aromatic rings. The van der Waals surface area contributed by atoms with E-state index >= 15 is 0 Å². The van der Waals surface area contributed by atoms with Crippen molar-refractivity contribution in [1.29, 1.82) is 0 Å². The lowest BCUT2D eigenvalue weighted by atomic mass is 9.67. The second kappa shape index (κ2) is 15.7. The molecule has 0 spiro atoms. The summed E-state index contributed by atoms with van der Waals surface area (Å²) in [7, 11) is 0. The van der Waals surface area contributed by atoms with Gasteiger partial charge in [-0.1, -0.05) is 99.7 Å². The lowest BCUT2D eigenvalue weighted by molar-refractivity contribution is 0.340. The van der Waals surface area contributed by atoms with Gasteiger partial charge in [0.25, 0.3) is 0 Å². The number of hydrogen-bond acceptors (Lipinski definition) is 4. The van der Waals surface area contributed by atoms with Gasteiger partial charge in [-0.05, 0) is 114 Å². The molecule has 0 radical (unpaired) electrons. The zero-order valence-electron chi connectivity index (χ0n) is 29.9. The van der Waals surface area contributed by atoms with Gasteiger partial charge in [0.1, 0.15) is 42.8 Å². The SMILES string of the molecule is C=CCOc1ccc2cc(OCC)ccc2c1C(C)(c1ccc(C2CCCCC2)cc1)c1c(OCC=C)ccc2cc(OCC(=C)C)ccc12. The molecule has 6 rings (SSSR count). The molecule has 0 aromatic heterocycles. The predicted octanol–water partition coefficient (Wildman–Crippen LogP) is 11.9. The van der Waals surface area contributed by atoms with Gasteiger partial charge in [-0.3, -0.25) is 0 Å². The van der Waals surface area contributed by atoms with E-state index in [1.165, 1.54) is 37.7 Å². The summed E-state index contributed by atoms with van der Waals surface area (Å²) in [5.74, 6) is 3.84. The second-order valence-corrected chi connectivity index (χ2v) is 13.6. The van der Waals surface area contributed by atoms with Crippen LogP contribution in [0, 0.1) is 0 Å². The maximum atomic E-state index is 6.56. The van der Waals surface area contributed by atoms with Crippen molar-refractivity contribution >= 4 is 21.5 Å². The van der Waals surface area contributed by atoms with E-state index in [9.17, 15) is 0 Å². The first kappa shape index (κ1) is 34.9. The molecule has 0 N–H and O–H groups in total. The predicted molar refractivity (Wildman–Crippen MR) is 209 cm³/mol. The molecule has 258 valence electrons. The van der Waals surface area contributed by atoms with Crippen molar-refractivity contribution in [2.45, 2.75) is 64.2 Å². The maximum Gasteiger partial charge on any atom is 0.124 e. The van der Waals surface area contributed by atoms with Crippen LogP contribution in [0.1, 0.15) is 81.0 Å². The van der Waals surface area contributed by atoms with E-state index in [1.54, 1.807) is 12.2 Å². The Morgan fingerprint density at radius 1 is 0.700 bits per heavy atom. The summed E-state index contributed by atoms with van der Waals surface area (Å²) in [5.41, 5.74) is 4.92. The Kier molecular flexibility index (Phi) is 11.0. The Balaban J connectivity index is 1.67. The maximum absolute atomic E-state index is 6.56. The van der Waals surface area contributed by atoms with E-state index in [1.807, 2.05) is 19.9 Å². The minimum atomic E-state index is -0.732. The van der Waals surface area contributed by atoms with Crippen LogP contribution in [0.4, 0.5) is 0 Å². The fourth-order valence-electron chi connectivity index (χ4n) is 7.64. The summed E-state index contributed by atoms with van der Waals surface area (Å²) >= 11 is 0. The van der Waals surface area contributed by atoms with E-state index in [4.69, 9.17) is 18.9 Å². The normalized spacial score (nSPS) is 14.5. The van der Waals surface area contributed by atoms with Crippen LogP contribution < -0.4 is 18.9 Å². The third-order valence-electron chi connectivity index (χ3n) is 9.98. The summed E-state index contributed by atoms with van der Waals surface area (Å²) in [5, 5.41) is 4.29. The molecule has 0 heterocycles. The molecular formula is C46H50O4. The van der Waals surface area contributed by atoms with E-state index in [-0.39, 0.29) is 0 Å². The second-order valence-electron chi connectivity index (χ2n) is 13.6. The van der Waals surface area contributed by atoms with Gasteiger partial charge >= 0.3 is 0 Å². The lowest BCUT2D eigenvalue weighted by Crippen LogP contribution is -2.28. The smallest absolute Gasteiger partial charge is 0.124 e. The van der Waals surface area contributed by atoms with Gasteiger partial charge < -0.3 is 18.9 Å². The molecule has 1 saturated carbocycles. The van der Waals surface area contributed by atoms with Crippen molar-refractivity contribution in [3.05, 3.63) is 145 Å². The Bertz CT molecular complexity index is 1980. The van der Waals surface area contributed by atoms with Crippen LogP contribution in [-0.2, 0) is 5.41 Å². The van der Waals surface area contributed by atoms with Gasteiger partial charge in [0.05, 0.1) is 12.0 Å². The third-order valence-corrected chi connectivity index (χ3v) is 9.98. The van der Waals surface area contributed by atoms with E-state index in [2.05, 4.69) is 106 Å². The van der Waals surface area contributed by atoms with E-state index < -0.39 is 5.41 Å². The Morgan fingerprint density at radius 2 is 1.24 bits per heavy atom. The van der Waals surface area contributed by atoms with Crippen LogP contribution in [0.5, 0.6) is 23.0 Å². The molecule has 4 heteroatoms. The Morgan fingerprint density at radius 3 is 1.74 bits per heavy atom. The van der Waals surface area contributed by atoms with Gasteiger partial charge in [-0.25, -0.2) is 0 Å². The molecule has 1 unspecified atom stereocenters. The minimum absolute atomic E-state index is 0.377. The summed E-state index contributed by atoms with van der Waals surface area (Å²) in [6.45, 7) is 20.1. The van der Waals surface area contributed by atoms with Crippen LogP contribution >= 0.6 is 0 Å². The molecule has 1 aliphatic rings. The Labute approximate surface area is 298 Å². The van der Waals surface area contributed by atoms with Crippen LogP contribution in [0.15, 0.2) is 122 Å². The van der Waals surface area contributed by atoms with Crippen molar-refractivity contribution in [1.82, 2.24) is 0 Å². The first-order valence-corrected chi connectivity index (χ1v) is 18.0. The molecule has 1 atom stereocenters. The summed E-state index contributed by atoms with van der Waals surface area (Å²) in [6, 6.07) is 30.4. The van der Waals surface area contributed by atoms with Crippen molar-refractivity contribution in [2.24, 2.45) is 0 Å². The number of ether oxygens (including phenoxy) is 4. The molecule has 1 aliphatic carbocycles. The zero-order valence-corrected chi connectivity index (χ0v) is 29.9. The Hall–Kier alpha value is -4.96. The number of benzene rings is 5. The lowest BCUT2D eigenvalue weighted by Gasteiger charge is -2.37. The van der Waals surface area contributed by atoms with Crippen LogP contribution in [0.3, 0.4) is 0 Å². The van der Waals surface area contributed by atoms with Crippen LogP contribution in [0.2, 0.25) is 0 Å². The molecule has 5 aromatic carbocycles. The first-order chi connectivity index (χ1) is 24.4. The highest BCUT2D eigenvalue weighted by Crippen LogP contribution is 2.52. The van der Waals surface area contributed by atoms with Crippen molar-refractivity contribution < 1.29 is 18.9 Å². The molecule has 0 saturated heterocycles. The van der Waals surface area contributed by atoms with E-state index in [0.29, 0.717) is 32.3 Å². The van der Waals surface area contributed by atoms with Crippen molar-refractivity contribution in [3.63, 3.8) is 0 Å². The topological polar surface area (TPSA) is 36.9 Å². The first-order valence-electron chi connectivity index (χ1n) is 18.0. The van der Waals surface area contributed by atoms with Gasteiger partial charge in [0, 0.05) is 11.1 Å². The number of rotatable bonds is 15. The quantitative estimate of drug-likeness (QED) is 0.0823. The molecule has 4 nitrogen and oxygen atoms in total. The summed E-state index contributed by atoms with van der Waals surface area (Å²) in [6.07, 6.45) is 10.0. The zero-order chi connectivity index (χ0) is 35.1. The van der Waals surface area contributed by atoms with Gasteiger partial charge in [-0.2, -0.15) is 0 Å². The van der Waals surface area contributed by atoms with Gasteiger partial charge in [0.15, 0.2) is 0 Å². The molecule has 0 aliphatic heterocycles. The minimum Gasteiger partial charge on any atom is -0.494 e. The van der Waals surface area contributed by atoms with Gasteiger partial charge in [-0.15, -0.1) is 0 Å². The van der Waals surface area contributed by atoms with Crippen LogP contribution in [0.25, 0.3) is 21.5 Å². The molecule has 0 bridgehead atoms. The molecule has 0 amide bonds. The average Bonchev–Trinajstić information content (AvgIpc) is 3.15. The van der Waals surface area contributed by atoms with Gasteiger partial charge in [0.2, 0.25) is 0 Å². The highest BCUT2D eigenvalue weighted by molar-refractivity contribution is 5.96. The summed E-state index contributed by atoms with van der Waals surface area (Å²) in [4.78, 5) is 0. The molecule has 50 heavy (non-hydrogen) atoms. The van der Waals surface area contributed by atoms with E-state index in [0.717, 1.165) is 66.8 Å². The highest BCUT2D eigenvalue weighted by atomic mass is 16.5. The third kappa shape index (κ3) is 7.16. The molecular weight excluding hydrogens is 617 g/mol. The fourth-order valence-corrected chi connectivity index (χ4v) is 7.64.